The minimum absolute atomic E-state index is 0.0170. The summed E-state index contributed by atoms with van der Waals surface area (Å²) in [6.45, 7) is 0.697. The quantitative estimate of drug-likeness (QED) is 0.874. The van der Waals surface area contributed by atoms with Crippen LogP contribution in [0.15, 0.2) is 29.6 Å². The molecule has 6 heteroatoms. The number of thiophene rings is 1. The molecule has 0 saturated carbocycles. The normalized spacial score (nSPS) is 21.7. The summed E-state index contributed by atoms with van der Waals surface area (Å²) in [6.07, 6.45) is 4.32. The van der Waals surface area contributed by atoms with E-state index in [0.717, 1.165) is 36.1 Å². The molecule has 2 aliphatic rings. The standard InChI is InChI=1S/C21H23NO4S/c1-26-14-8-6-13(7-9-14)16-10-22(11-17(16)21(24)25)20(23)18-12-27-19-5-3-2-4-15(18)19/h6-9,12,16-17H,2-5,10-11H2,1H3,(H,24,25)/t16-,17+/m0/s1. The molecule has 1 aromatic heterocycles. The maximum atomic E-state index is 13.1. The maximum absolute atomic E-state index is 13.1. The second-order valence-electron chi connectivity index (χ2n) is 7.29. The van der Waals surface area contributed by atoms with Crippen LogP contribution in [0.1, 0.15) is 45.1 Å². The van der Waals surface area contributed by atoms with Gasteiger partial charge in [-0.2, -0.15) is 0 Å². The van der Waals surface area contributed by atoms with Crippen LogP contribution in [-0.4, -0.2) is 42.1 Å². The molecule has 0 unspecified atom stereocenters. The summed E-state index contributed by atoms with van der Waals surface area (Å²) in [5, 5.41) is 11.7. The number of methoxy groups -OCH3 is 1. The number of nitrogens with zero attached hydrogens (tertiary/aromatic N) is 1. The van der Waals surface area contributed by atoms with E-state index in [1.54, 1.807) is 23.3 Å². The first-order chi connectivity index (χ1) is 13.1. The van der Waals surface area contributed by atoms with Gasteiger partial charge in [-0.15, -0.1) is 11.3 Å². The largest absolute Gasteiger partial charge is 0.497 e. The molecule has 1 saturated heterocycles. The average molecular weight is 385 g/mol. The Morgan fingerprint density at radius 2 is 1.89 bits per heavy atom. The Kier molecular flexibility index (Phi) is 4.91. The summed E-state index contributed by atoms with van der Waals surface area (Å²) >= 11 is 1.67. The number of carboxylic acid groups (broad SMARTS) is 1. The highest BCUT2D eigenvalue weighted by Gasteiger charge is 2.41. The molecule has 1 N–H and O–H groups in total. The molecule has 2 heterocycles. The van der Waals surface area contributed by atoms with Crippen LogP contribution in [0.2, 0.25) is 0 Å². The third kappa shape index (κ3) is 3.34. The van der Waals surface area contributed by atoms with Crippen LogP contribution in [0.3, 0.4) is 0 Å². The van der Waals surface area contributed by atoms with Crippen molar-refractivity contribution >= 4 is 23.2 Å². The van der Waals surface area contributed by atoms with Gasteiger partial charge in [0.15, 0.2) is 0 Å². The predicted octanol–water partition coefficient (Wildman–Crippen LogP) is 3.58. The summed E-state index contributed by atoms with van der Waals surface area (Å²) in [7, 11) is 1.60. The van der Waals surface area contributed by atoms with E-state index in [-0.39, 0.29) is 18.4 Å². The number of rotatable bonds is 4. The third-order valence-electron chi connectivity index (χ3n) is 5.76. The SMILES string of the molecule is COc1ccc([C@@H]2CN(C(=O)c3csc4c3CCCC4)C[C@H]2C(=O)O)cc1. The van der Waals surface area contributed by atoms with Crippen LogP contribution in [0.4, 0.5) is 0 Å². The molecular formula is C21H23NO4S. The van der Waals surface area contributed by atoms with Gasteiger partial charge in [0.1, 0.15) is 5.75 Å². The van der Waals surface area contributed by atoms with E-state index in [9.17, 15) is 14.7 Å². The molecule has 0 bridgehead atoms. The van der Waals surface area contributed by atoms with E-state index >= 15 is 0 Å². The Labute approximate surface area is 162 Å². The number of ether oxygens (including phenoxy) is 1. The topological polar surface area (TPSA) is 66.8 Å². The second-order valence-corrected chi connectivity index (χ2v) is 8.26. The van der Waals surface area contributed by atoms with Crippen LogP contribution < -0.4 is 4.74 Å². The number of aryl methyl sites for hydroxylation is 1. The molecule has 0 radical (unpaired) electrons. The fourth-order valence-corrected chi connectivity index (χ4v) is 5.37. The Morgan fingerprint density at radius 3 is 2.59 bits per heavy atom. The van der Waals surface area contributed by atoms with E-state index in [1.165, 1.54) is 16.9 Å². The summed E-state index contributed by atoms with van der Waals surface area (Å²) in [5.41, 5.74) is 2.91. The molecule has 4 rings (SSSR count). The van der Waals surface area contributed by atoms with Gasteiger partial charge in [-0.1, -0.05) is 12.1 Å². The van der Waals surface area contributed by atoms with Crippen molar-refractivity contribution in [1.82, 2.24) is 4.90 Å². The number of carbonyl (C=O) groups excluding carboxylic acids is 1. The van der Waals surface area contributed by atoms with Crippen LogP contribution in [0.5, 0.6) is 5.75 Å². The summed E-state index contributed by atoms with van der Waals surface area (Å²) < 4.78 is 5.19. The number of hydrogen-bond acceptors (Lipinski definition) is 4. The fraction of sp³-hybridized carbons (Fsp3) is 0.429. The van der Waals surface area contributed by atoms with Gasteiger partial charge in [0.25, 0.3) is 5.91 Å². The molecule has 27 heavy (non-hydrogen) atoms. The predicted molar refractivity (Wildman–Crippen MR) is 104 cm³/mol. The minimum Gasteiger partial charge on any atom is -0.497 e. The van der Waals surface area contributed by atoms with Crippen LogP contribution in [0, 0.1) is 5.92 Å². The van der Waals surface area contributed by atoms with Gasteiger partial charge in [0.05, 0.1) is 18.6 Å². The van der Waals surface area contributed by atoms with Gasteiger partial charge < -0.3 is 14.7 Å². The Bertz CT molecular complexity index is 858. The number of fused-ring (bicyclic) bond motifs is 1. The molecular weight excluding hydrogens is 362 g/mol. The monoisotopic (exact) mass is 385 g/mol. The number of hydrogen-bond donors (Lipinski definition) is 1. The lowest BCUT2D eigenvalue weighted by Crippen LogP contribution is -2.30. The number of carbonyl (C=O) groups is 2. The van der Waals surface area contributed by atoms with Crippen LogP contribution in [0.25, 0.3) is 0 Å². The first-order valence-electron chi connectivity index (χ1n) is 9.33. The zero-order valence-electron chi connectivity index (χ0n) is 15.3. The van der Waals surface area contributed by atoms with Crippen molar-refractivity contribution < 1.29 is 19.4 Å². The van der Waals surface area contributed by atoms with Crippen molar-refractivity contribution in [3.8, 4) is 5.75 Å². The zero-order chi connectivity index (χ0) is 19.0. The number of aliphatic carboxylic acids is 1. The highest BCUT2D eigenvalue weighted by Crippen LogP contribution is 2.36. The van der Waals surface area contributed by atoms with Crippen molar-refractivity contribution in [3.63, 3.8) is 0 Å². The van der Waals surface area contributed by atoms with Gasteiger partial charge in [-0.05, 0) is 48.9 Å². The highest BCUT2D eigenvalue weighted by molar-refractivity contribution is 7.10. The van der Waals surface area contributed by atoms with Crippen molar-refractivity contribution in [2.45, 2.75) is 31.6 Å². The Hall–Kier alpha value is -2.34. The Balaban J connectivity index is 1.58. The first-order valence-corrected chi connectivity index (χ1v) is 10.2. The lowest BCUT2D eigenvalue weighted by molar-refractivity contribution is -0.141. The van der Waals surface area contributed by atoms with E-state index < -0.39 is 11.9 Å². The summed E-state index contributed by atoms with van der Waals surface area (Å²) in [5.74, 6) is -0.916. The van der Waals surface area contributed by atoms with Crippen LogP contribution >= 0.6 is 11.3 Å². The second kappa shape index (κ2) is 7.35. The molecule has 5 nitrogen and oxygen atoms in total. The highest BCUT2D eigenvalue weighted by atomic mass is 32.1. The molecule has 1 fully saturated rings. The van der Waals surface area contributed by atoms with Crippen molar-refractivity contribution in [1.29, 1.82) is 0 Å². The lowest BCUT2D eigenvalue weighted by Gasteiger charge is -2.18. The van der Waals surface area contributed by atoms with Gasteiger partial charge in [0, 0.05) is 29.3 Å². The lowest BCUT2D eigenvalue weighted by atomic mass is 9.89. The van der Waals surface area contributed by atoms with Gasteiger partial charge in [-0.3, -0.25) is 9.59 Å². The fourth-order valence-electron chi connectivity index (χ4n) is 4.25. The molecule has 1 aromatic carbocycles. The molecule has 0 spiro atoms. The number of benzene rings is 1. The zero-order valence-corrected chi connectivity index (χ0v) is 16.1. The van der Waals surface area contributed by atoms with Crippen molar-refractivity contribution in [2.24, 2.45) is 5.92 Å². The van der Waals surface area contributed by atoms with E-state index in [2.05, 4.69) is 0 Å². The molecule has 1 aliphatic heterocycles. The smallest absolute Gasteiger partial charge is 0.308 e. The summed E-state index contributed by atoms with van der Waals surface area (Å²) in [6, 6.07) is 7.49. The van der Waals surface area contributed by atoms with Crippen molar-refractivity contribution in [2.75, 3.05) is 20.2 Å². The molecule has 1 amide bonds. The van der Waals surface area contributed by atoms with E-state index in [1.807, 2.05) is 29.6 Å². The van der Waals surface area contributed by atoms with Gasteiger partial charge >= 0.3 is 5.97 Å². The van der Waals surface area contributed by atoms with Gasteiger partial charge in [-0.25, -0.2) is 0 Å². The molecule has 142 valence electrons. The van der Waals surface area contributed by atoms with Crippen LogP contribution in [-0.2, 0) is 17.6 Å². The Morgan fingerprint density at radius 1 is 1.15 bits per heavy atom. The van der Waals surface area contributed by atoms with E-state index in [4.69, 9.17) is 4.74 Å². The first kappa shape index (κ1) is 18.0. The maximum Gasteiger partial charge on any atom is 0.308 e. The number of carboxylic acids is 1. The molecule has 2 atom stereocenters. The summed E-state index contributed by atoms with van der Waals surface area (Å²) in [4.78, 5) is 28.0. The van der Waals surface area contributed by atoms with Gasteiger partial charge in [0.2, 0.25) is 0 Å². The number of likely N-dealkylation sites (tertiary alicyclic amines) is 1. The number of amides is 1. The average Bonchev–Trinajstić information content (AvgIpc) is 3.32. The third-order valence-corrected chi connectivity index (χ3v) is 6.85. The van der Waals surface area contributed by atoms with Crippen molar-refractivity contribution in [3.05, 3.63) is 51.2 Å². The minimum atomic E-state index is -0.849. The van der Waals surface area contributed by atoms with E-state index in [0.29, 0.717) is 6.54 Å². The molecule has 1 aliphatic carbocycles. The molecule has 2 aromatic rings.